The summed E-state index contributed by atoms with van der Waals surface area (Å²) in [6.45, 7) is 7.91. The molecule has 0 atom stereocenters. The standard InChI is InChI=1S/C13H16BFN2O2/c1-12(2)13(3,4)19-14(18-12)11-8-6-5-7-9(15)10(8)16-17-11/h5-7H,1-4H3,(H,16,17). The highest BCUT2D eigenvalue weighted by Gasteiger charge is 2.52. The van der Waals surface area contributed by atoms with Crippen LogP contribution in [0.3, 0.4) is 0 Å². The number of hydrogen-bond donors (Lipinski definition) is 1. The lowest BCUT2D eigenvalue weighted by Gasteiger charge is -2.32. The molecule has 2 aromatic rings. The number of halogens is 1. The van der Waals surface area contributed by atoms with E-state index >= 15 is 0 Å². The smallest absolute Gasteiger partial charge is 0.398 e. The van der Waals surface area contributed by atoms with Crippen molar-refractivity contribution in [2.75, 3.05) is 0 Å². The Morgan fingerprint density at radius 2 is 1.79 bits per heavy atom. The fourth-order valence-electron chi connectivity index (χ4n) is 2.16. The molecule has 0 amide bonds. The Morgan fingerprint density at radius 1 is 1.16 bits per heavy atom. The normalized spacial score (nSPS) is 21.2. The van der Waals surface area contributed by atoms with Crippen molar-refractivity contribution < 1.29 is 13.7 Å². The van der Waals surface area contributed by atoms with E-state index in [2.05, 4.69) is 10.2 Å². The number of para-hydroxylation sites is 1. The first-order valence-corrected chi connectivity index (χ1v) is 6.30. The van der Waals surface area contributed by atoms with Crippen LogP contribution < -0.4 is 5.59 Å². The molecule has 1 saturated heterocycles. The maximum Gasteiger partial charge on any atom is 0.514 e. The third-order valence-electron chi connectivity index (χ3n) is 4.05. The van der Waals surface area contributed by atoms with Crippen LogP contribution in [0.15, 0.2) is 18.2 Å². The van der Waals surface area contributed by atoms with E-state index in [4.69, 9.17) is 9.31 Å². The van der Waals surface area contributed by atoms with E-state index in [1.165, 1.54) is 6.07 Å². The average molecular weight is 262 g/mol. The second kappa shape index (κ2) is 3.80. The van der Waals surface area contributed by atoms with Gasteiger partial charge < -0.3 is 9.31 Å². The highest BCUT2D eigenvalue weighted by molar-refractivity contribution is 6.64. The van der Waals surface area contributed by atoms with Gasteiger partial charge in [-0.1, -0.05) is 12.1 Å². The van der Waals surface area contributed by atoms with Gasteiger partial charge in [-0.15, -0.1) is 0 Å². The van der Waals surface area contributed by atoms with E-state index in [0.29, 0.717) is 16.5 Å². The number of rotatable bonds is 1. The third-order valence-corrected chi connectivity index (χ3v) is 4.05. The number of hydrogen-bond acceptors (Lipinski definition) is 3. The van der Waals surface area contributed by atoms with Crippen LogP contribution in [0.2, 0.25) is 0 Å². The fraction of sp³-hybridized carbons (Fsp3) is 0.462. The zero-order valence-corrected chi connectivity index (χ0v) is 11.5. The molecule has 1 fully saturated rings. The summed E-state index contributed by atoms with van der Waals surface area (Å²) in [6, 6.07) is 4.85. The Morgan fingerprint density at radius 3 is 2.42 bits per heavy atom. The van der Waals surface area contributed by atoms with Crippen molar-refractivity contribution >= 4 is 23.6 Å². The van der Waals surface area contributed by atoms with Crippen LogP contribution in [0.25, 0.3) is 10.9 Å². The minimum absolute atomic E-state index is 0.312. The molecule has 100 valence electrons. The number of aromatic amines is 1. The molecule has 1 aliphatic rings. The fourth-order valence-corrected chi connectivity index (χ4v) is 2.16. The van der Waals surface area contributed by atoms with E-state index in [1.807, 2.05) is 33.8 Å². The van der Waals surface area contributed by atoms with Gasteiger partial charge in [-0.25, -0.2) is 4.39 Å². The lowest BCUT2D eigenvalue weighted by atomic mass is 9.82. The minimum Gasteiger partial charge on any atom is -0.398 e. The van der Waals surface area contributed by atoms with Gasteiger partial charge in [0.1, 0.15) is 5.52 Å². The Kier molecular flexibility index (Phi) is 2.53. The summed E-state index contributed by atoms with van der Waals surface area (Å²) in [4.78, 5) is 0. The minimum atomic E-state index is -0.559. The molecule has 1 aliphatic heterocycles. The summed E-state index contributed by atoms with van der Waals surface area (Å²) in [7, 11) is -0.559. The van der Waals surface area contributed by atoms with Gasteiger partial charge in [0.05, 0.1) is 16.8 Å². The first-order valence-electron chi connectivity index (χ1n) is 6.30. The molecule has 0 saturated carbocycles. The summed E-state index contributed by atoms with van der Waals surface area (Å²) < 4.78 is 25.5. The molecule has 2 heterocycles. The molecular formula is C13H16BFN2O2. The Bertz CT molecular complexity index is 623. The van der Waals surface area contributed by atoms with Crippen LogP contribution in [0.4, 0.5) is 4.39 Å². The topological polar surface area (TPSA) is 47.1 Å². The van der Waals surface area contributed by atoms with Crippen LogP contribution in [0.5, 0.6) is 0 Å². The van der Waals surface area contributed by atoms with Crippen molar-refractivity contribution in [3.63, 3.8) is 0 Å². The Labute approximate surface area is 111 Å². The zero-order valence-electron chi connectivity index (χ0n) is 11.5. The first kappa shape index (κ1) is 12.6. The van der Waals surface area contributed by atoms with E-state index in [9.17, 15) is 4.39 Å². The maximum atomic E-state index is 13.6. The molecule has 1 N–H and O–H groups in total. The maximum absolute atomic E-state index is 13.6. The molecule has 3 rings (SSSR count). The first-order chi connectivity index (χ1) is 8.82. The Balaban J connectivity index is 2.06. The van der Waals surface area contributed by atoms with E-state index < -0.39 is 18.3 Å². The van der Waals surface area contributed by atoms with Crippen molar-refractivity contribution in [2.45, 2.75) is 38.9 Å². The van der Waals surface area contributed by atoms with Gasteiger partial charge in [-0.05, 0) is 33.8 Å². The van der Waals surface area contributed by atoms with Crippen molar-refractivity contribution in [3.05, 3.63) is 24.0 Å². The van der Waals surface area contributed by atoms with Crippen LogP contribution in [-0.2, 0) is 9.31 Å². The van der Waals surface area contributed by atoms with Gasteiger partial charge in [-0.2, -0.15) is 5.10 Å². The largest absolute Gasteiger partial charge is 0.514 e. The van der Waals surface area contributed by atoms with Crippen molar-refractivity contribution in [1.82, 2.24) is 10.2 Å². The predicted octanol–water partition coefficient (Wildman–Crippen LogP) is 2.00. The SMILES string of the molecule is CC1(C)OB(c2[nH]nc3c(F)cccc23)OC1(C)C. The van der Waals surface area contributed by atoms with E-state index in [0.717, 1.165) is 0 Å². The van der Waals surface area contributed by atoms with E-state index in [1.54, 1.807) is 6.07 Å². The zero-order chi connectivity index (χ0) is 13.8. The molecule has 1 aromatic carbocycles. The Hall–Kier alpha value is -1.40. The van der Waals surface area contributed by atoms with Crippen molar-refractivity contribution in [1.29, 1.82) is 0 Å². The quantitative estimate of drug-likeness (QED) is 0.799. The van der Waals surface area contributed by atoms with Crippen LogP contribution >= 0.6 is 0 Å². The van der Waals surface area contributed by atoms with E-state index in [-0.39, 0.29) is 5.82 Å². The molecule has 4 nitrogen and oxygen atoms in total. The molecular weight excluding hydrogens is 246 g/mol. The second-order valence-corrected chi connectivity index (χ2v) is 5.86. The van der Waals surface area contributed by atoms with Crippen LogP contribution in [-0.4, -0.2) is 28.5 Å². The summed E-state index contributed by atoms with van der Waals surface area (Å²) in [5, 5.41) is 7.52. The lowest BCUT2D eigenvalue weighted by molar-refractivity contribution is 0.00578. The number of fused-ring (bicyclic) bond motifs is 1. The monoisotopic (exact) mass is 262 g/mol. The average Bonchev–Trinajstić information content (AvgIpc) is 2.80. The van der Waals surface area contributed by atoms with Gasteiger partial charge in [0.2, 0.25) is 0 Å². The number of nitrogens with zero attached hydrogens (tertiary/aromatic N) is 1. The molecule has 0 aliphatic carbocycles. The number of aromatic nitrogens is 2. The van der Waals surface area contributed by atoms with Gasteiger partial charge in [0.15, 0.2) is 5.82 Å². The van der Waals surface area contributed by atoms with Crippen LogP contribution in [0.1, 0.15) is 27.7 Å². The number of H-pyrrole nitrogens is 1. The highest BCUT2D eigenvalue weighted by Crippen LogP contribution is 2.36. The third kappa shape index (κ3) is 1.78. The van der Waals surface area contributed by atoms with Crippen LogP contribution in [0, 0.1) is 5.82 Å². The summed E-state index contributed by atoms with van der Waals surface area (Å²) in [5.74, 6) is -0.350. The van der Waals surface area contributed by atoms with Gasteiger partial charge in [-0.3, -0.25) is 5.10 Å². The lowest BCUT2D eigenvalue weighted by Crippen LogP contribution is -2.41. The molecule has 19 heavy (non-hydrogen) atoms. The van der Waals surface area contributed by atoms with Gasteiger partial charge >= 0.3 is 7.12 Å². The summed E-state index contributed by atoms with van der Waals surface area (Å²) >= 11 is 0. The summed E-state index contributed by atoms with van der Waals surface area (Å²) in [5.41, 5.74) is 0.116. The molecule has 1 aromatic heterocycles. The summed E-state index contributed by atoms with van der Waals surface area (Å²) in [6.07, 6.45) is 0. The van der Waals surface area contributed by atoms with Crippen molar-refractivity contribution in [3.8, 4) is 0 Å². The van der Waals surface area contributed by atoms with Crippen molar-refractivity contribution in [2.24, 2.45) is 0 Å². The molecule has 6 heteroatoms. The molecule has 0 bridgehead atoms. The second-order valence-electron chi connectivity index (χ2n) is 5.86. The van der Waals surface area contributed by atoms with Gasteiger partial charge in [0, 0.05) is 5.39 Å². The number of benzene rings is 1. The molecule has 0 radical (unpaired) electrons. The van der Waals surface area contributed by atoms with Gasteiger partial charge in [0.25, 0.3) is 0 Å². The highest BCUT2D eigenvalue weighted by atomic mass is 19.1. The molecule has 0 unspecified atom stereocenters. The molecule has 0 spiro atoms. The number of nitrogens with one attached hydrogen (secondary N) is 1. The predicted molar refractivity (Wildman–Crippen MR) is 71.8 cm³/mol.